The Morgan fingerprint density at radius 3 is 1.75 bits per heavy atom. The monoisotopic (exact) mass is 273 g/mol. The van der Waals surface area contributed by atoms with Crippen LogP contribution in [0.3, 0.4) is 0 Å². The molecular formula is C15H19N3O2. The SMILES string of the molecule is Cn1c(=O)n2n(c1=O)[C@@H]1C=C[C@H]2[C@]23CCCC[C@]12CC3. The second kappa shape index (κ2) is 3.05. The standard InChI is InChI=1S/C15H19N3O2/c1-16-12(19)17-10-4-5-11(18(17)13(16)20)15-7-3-2-6-14(10,15)8-9-15/h4-5,10-11H,2-3,6-9H2,1H3/t10-,11+,14+,15-. The molecule has 3 aliphatic carbocycles. The minimum atomic E-state index is -0.144. The molecule has 0 amide bonds. The lowest BCUT2D eigenvalue weighted by Gasteiger charge is -2.71. The summed E-state index contributed by atoms with van der Waals surface area (Å²) in [6.45, 7) is 0. The number of hydrogen-bond donors (Lipinski definition) is 0. The molecule has 0 N–H and O–H groups in total. The molecule has 2 fully saturated rings. The van der Waals surface area contributed by atoms with Crippen LogP contribution in [0.2, 0.25) is 0 Å². The first-order valence-electron chi connectivity index (χ1n) is 7.71. The van der Waals surface area contributed by atoms with E-state index in [1.165, 1.54) is 43.1 Å². The molecule has 20 heavy (non-hydrogen) atoms. The van der Waals surface area contributed by atoms with Gasteiger partial charge in [-0.3, -0.25) is 0 Å². The van der Waals surface area contributed by atoms with Gasteiger partial charge in [0.1, 0.15) is 0 Å². The third-order valence-corrected chi connectivity index (χ3v) is 6.84. The predicted molar refractivity (Wildman–Crippen MR) is 73.7 cm³/mol. The van der Waals surface area contributed by atoms with Gasteiger partial charge < -0.3 is 0 Å². The molecule has 4 atom stereocenters. The molecule has 5 heteroatoms. The van der Waals surface area contributed by atoms with E-state index < -0.39 is 0 Å². The molecule has 2 bridgehead atoms. The summed E-state index contributed by atoms with van der Waals surface area (Å²) >= 11 is 0. The van der Waals surface area contributed by atoms with Crippen LogP contribution >= 0.6 is 0 Å². The van der Waals surface area contributed by atoms with Crippen LogP contribution in [0, 0.1) is 10.8 Å². The maximum Gasteiger partial charge on any atom is 0.347 e. The van der Waals surface area contributed by atoms with E-state index in [0.717, 1.165) is 0 Å². The molecule has 6 rings (SSSR count). The minimum Gasteiger partial charge on any atom is -0.246 e. The van der Waals surface area contributed by atoms with E-state index in [-0.39, 0.29) is 34.3 Å². The molecular weight excluding hydrogens is 254 g/mol. The second-order valence-corrected chi connectivity index (χ2v) is 7.11. The topological polar surface area (TPSA) is 48.9 Å². The van der Waals surface area contributed by atoms with E-state index in [9.17, 15) is 9.59 Å². The smallest absolute Gasteiger partial charge is 0.246 e. The van der Waals surface area contributed by atoms with Gasteiger partial charge in [-0.1, -0.05) is 25.0 Å². The third-order valence-electron chi connectivity index (χ3n) is 6.84. The molecule has 5 aliphatic rings. The number of hydrogen-bond acceptors (Lipinski definition) is 2. The molecule has 1 aromatic heterocycles. The zero-order valence-corrected chi connectivity index (χ0v) is 11.7. The molecule has 0 radical (unpaired) electrons. The Balaban J connectivity index is 1.89. The molecule has 1 aromatic rings. The highest BCUT2D eigenvalue weighted by atomic mass is 16.2. The number of nitrogens with zero attached hydrogens (tertiary/aromatic N) is 3. The second-order valence-electron chi connectivity index (χ2n) is 7.11. The quantitative estimate of drug-likeness (QED) is 0.670. The molecule has 0 saturated heterocycles. The average molecular weight is 273 g/mol. The molecule has 0 spiro atoms. The molecule has 106 valence electrons. The van der Waals surface area contributed by atoms with Crippen LogP contribution in [0.5, 0.6) is 0 Å². The van der Waals surface area contributed by atoms with Gasteiger partial charge in [-0.25, -0.2) is 23.5 Å². The zero-order chi connectivity index (χ0) is 13.7. The van der Waals surface area contributed by atoms with Gasteiger partial charge in [-0.2, -0.15) is 0 Å². The Labute approximate surface area is 116 Å². The normalized spacial score (nSPS) is 43.6. The zero-order valence-electron chi connectivity index (χ0n) is 11.7. The lowest BCUT2D eigenvalue weighted by atomic mass is 9.37. The predicted octanol–water partition coefficient (Wildman–Crippen LogP) is 1.35. The van der Waals surface area contributed by atoms with E-state index >= 15 is 0 Å². The number of allylic oxidation sites excluding steroid dienone is 2. The largest absolute Gasteiger partial charge is 0.347 e. The summed E-state index contributed by atoms with van der Waals surface area (Å²) in [5.74, 6) is 0. The summed E-state index contributed by atoms with van der Waals surface area (Å²) in [5.41, 5.74) is 0.217. The van der Waals surface area contributed by atoms with Gasteiger partial charge in [0.05, 0.1) is 12.1 Å². The average Bonchev–Trinajstić information content (AvgIpc) is 2.67. The van der Waals surface area contributed by atoms with Gasteiger partial charge in [0.2, 0.25) is 0 Å². The third kappa shape index (κ3) is 0.842. The van der Waals surface area contributed by atoms with Gasteiger partial charge in [-0.15, -0.1) is 0 Å². The Hall–Kier alpha value is -1.52. The maximum absolute atomic E-state index is 12.4. The van der Waals surface area contributed by atoms with E-state index in [4.69, 9.17) is 0 Å². The van der Waals surface area contributed by atoms with Crippen molar-refractivity contribution < 1.29 is 0 Å². The van der Waals surface area contributed by atoms with Crippen LogP contribution in [0.4, 0.5) is 0 Å². The fraction of sp³-hybridized carbons (Fsp3) is 0.733. The van der Waals surface area contributed by atoms with Crippen LogP contribution in [-0.4, -0.2) is 13.9 Å². The van der Waals surface area contributed by atoms with Gasteiger partial charge in [0.15, 0.2) is 0 Å². The van der Waals surface area contributed by atoms with Gasteiger partial charge in [-0.05, 0) is 25.7 Å². The first kappa shape index (κ1) is 11.2. The first-order valence-corrected chi connectivity index (χ1v) is 7.71. The van der Waals surface area contributed by atoms with Crippen LogP contribution in [0.1, 0.15) is 50.6 Å². The lowest BCUT2D eigenvalue weighted by Crippen LogP contribution is -2.68. The van der Waals surface area contributed by atoms with Crippen molar-refractivity contribution in [3.05, 3.63) is 33.1 Å². The fourth-order valence-electron chi connectivity index (χ4n) is 5.87. The maximum atomic E-state index is 12.4. The fourth-order valence-corrected chi connectivity index (χ4v) is 5.87. The van der Waals surface area contributed by atoms with Crippen LogP contribution in [-0.2, 0) is 7.05 Å². The van der Waals surface area contributed by atoms with Crippen molar-refractivity contribution in [3.63, 3.8) is 0 Å². The molecule has 2 saturated carbocycles. The summed E-state index contributed by atoms with van der Waals surface area (Å²) in [4.78, 5) is 24.9. The first-order chi connectivity index (χ1) is 9.62. The molecule has 0 aromatic carbocycles. The summed E-state index contributed by atoms with van der Waals surface area (Å²) in [6.07, 6.45) is 11.8. The highest BCUT2D eigenvalue weighted by Gasteiger charge is 2.70. The molecule has 3 heterocycles. The molecule has 0 unspecified atom stereocenters. The van der Waals surface area contributed by atoms with Crippen molar-refractivity contribution in [1.82, 2.24) is 13.9 Å². The number of aromatic nitrogens is 3. The van der Waals surface area contributed by atoms with Crippen LogP contribution in [0.15, 0.2) is 21.7 Å². The number of rotatable bonds is 0. The van der Waals surface area contributed by atoms with E-state index in [1.807, 2.05) is 0 Å². The van der Waals surface area contributed by atoms with Crippen molar-refractivity contribution in [2.45, 2.75) is 50.6 Å². The summed E-state index contributed by atoms with van der Waals surface area (Å²) in [7, 11) is 1.60. The summed E-state index contributed by atoms with van der Waals surface area (Å²) in [6, 6.07) is 0.200. The van der Waals surface area contributed by atoms with Crippen LogP contribution in [0.25, 0.3) is 0 Å². The highest BCUT2D eigenvalue weighted by Crippen LogP contribution is 2.76. The van der Waals surface area contributed by atoms with Gasteiger partial charge >= 0.3 is 11.4 Å². The van der Waals surface area contributed by atoms with Crippen molar-refractivity contribution in [1.29, 1.82) is 0 Å². The van der Waals surface area contributed by atoms with Crippen molar-refractivity contribution >= 4 is 0 Å². The lowest BCUT2D eigenvalue weighted by molar-refractivity contribution is -0.202. The van der Waals surface area contributed by atoms with E-state index in [1.54, 1.807) is 16.4 Å². The molecule has 5 nitrogen and oxygen atoms in total. The van der Waals surface area contributed by atoms with E-state index in [0.29, 0.717) is 0 Å². The Bertz CT molecular complexity index is 706. The summed E-state index contributed by atoms with van der Waals surface area (Å²) < 4.78 is 4.79. The Morgan fingerprint density at radius 2 is 1.35 bits per heavy atom. The van der Waals surface area contributed by atoms with Crippen LogP contribution < -0.4 is 11.4 Å². The Kier molecular flexibility index (Phi) is 1.70. The van der Waals surface area contributed by atoms with Gasteiger partial charge in [0, 0.05) is 17.9 Å². The summed E-state index contributed by atoms with van der Waals surface area (Å²) in [5, 5.41) is 0. The minimum absolute atomic E-state index is 0.1000. The van der Waals surface area contributed by atoms with E-state index in [2.05, 4.69) is 12.2 Å². The van der Waals surface area contributed by atoms with Gasteiger partial charge in [0.25, 0.3) is 0 Å². The van der Waals surface area contributed by atoms with Crippen molar-refractivity contribution in [2.75, 3.05) is 0 Å². The van der Waals surface area contributed by atoms with Crippen molar-refractivity contribution in [3.8, 4) is 0 Å². The highest BCUT2D eigenvalue weighted by molar-refractivity contribution is 5.29. The van der Waals surface area contributed by atoms with Crippen molar-refractivity contribution in [2.24, 2.45) is 17.9 Å². The molecule has 2 aliphatic heterocycles. The Morgan fingerprint density at radius 1 is 0.900 bits per heavy atom.